The predicted octanol–water partition coefficient (Wildman–Crippen LogP) is 14.2. The van der Waals surface area contributed by atoms with Crippen molar-refractivity contribution in [1.82, 2.24) is 15.0 Å². The molecule has 64 heavy (non-hydrogen) atoms. The van der Waals surface area contributed by atoms with Crippen molar-refractivity contribution in [3.8, 4) is 85.1 Å². The zero-order valence-corrected chi connectivity index (χ0v) is 34.6. The molecule has 1 aromatic heterocycles. The minimum atomic E-state index is -0.611. The van der Waals surface area contributed by atoms with Crippen molar-refractivity contribution in [3.63, 3.8) is 0 Å². The number of ether oxygens (including phenoxy) is 1. The molecular weight excluding hydrogens is 781 g/mol. The lowest BCUT2D eigenvalue weighted by Crippen LogP contribution is -2.34. The lowest BCUT2D eigenvalue weighted by molar-refractivity contribution is 0.436. The minimum absolute atomic E-state index is 0.562. The summed E-state index contributed by atoms with van der Waals surface area (Å²) in [5.41, 5.74) is 13.2. The topological polar surface area (TPSA) is 71.7 Å². The van der Waals surface area contributed by atoms with E-state index in [-0.39, 0.29) is 0 Å². The second-order valence-electron chi connectivity index (χ2n) is 15.9. The van der Waals surface area contributed by atoms with Gasteiger partial charge in [0.25, 0.3) is 0 Å². The Morgan fingerprint density at radius 2 is 0.781 bits per heavy atom. The van der Waals surface area contributed by atoms with Crippen LogP contribution in [-0.4, -0.2) is 15.0 Å². The van der Waals surface area contributed by atoms with Crippen LogP contribution in [0.25, 0.3) is 67.5 Å². The molecule has 0 bridgehead atoms. The molecule has 0 unspecified atom stereocenters. The molecule has 10 aromatic rings. The average Bonchev–Trinajstić information content (AvgIpc) is 3.38. The van der Waals surface area contributed by atoms with Gasteiger partial charge in [-0.15, -0.1) is 0 Å². The van der Waals surface area contributed by atoms with E-state index in [0.29, 0.717) is 23.0 Å². The van der Waals surface area contributed by atoms with Gasteiger partial charge in [0.15, 0.2) is 17.5 Å². The van der Waals surface area contributed by atoms with Gasteiger partial charge in [-0.05, 0) is 75.3 Å². The van der Waals surface area contributed by atoms with Gasteiger partial charge in [-0.1, -0.05) is 194 Å². The molecule has 0 atom stereocenters. The van der Waals surface area contributed by atoms with Crippen LogP contribution in [0.4, 0.5) is 0 Å². The van der Waals surface area contributed by atoms with E-state index in [1.165, 1.54) is 11.1 Å². The van der Waals surface area contributed by atoms with Crippen LogP contribution in [0, 0.1) is 11.3 Å². The van der Waals surface area contributed by atoms with E-state index in [4.69, 9.17) is 19.7 Å². The summed E-state index contributed by atoms with van der Waals surface area (Å²) in [4.78, 5) is 15.2. The highest BCUT2D eigenvalue weighted by Gasteiger charge is 2.45. The fourth-order valence-corrected chi connectivity index (χ4v) is 9.12. The van der Waals surface area contributed by atoms with Crippen LogP contribution in [-0.2, 0) is 5.41 Å². The van der Waals surface area contributed by atoms with E-state index >= 15 is 0 Å². The summed E-state index contributed by atoms with van der Waals surface area (Å²) in [6.45, 7) is 0. The summed E-state index contributed by atoms with van der Waals surface area (Å²) in [6, 6.07) is 81.6. The molecule has 0 spiro atoms. The molecule has 0 aliphatic carbocycles. The van der Waals surface area contributed by atoms with Crippen LogP contribution in [0.2, 0.25) is 0 Å². The van der Waals surface area contributed by atoms with Crippen LogP contribution in [0.3, 0.4) is 0 Å². The number of hydrogen-bond acceptors (Lipinski definition) is 5. The smallest absolute Gasteiger partial charge is 0.164 e. The monoisotopic (exact) mass is 818 g/mol. The Bertz CT molecular complexity index is 3340. The van der Waals surface area contributed by atoms with E-state index in [2.05, 4.69) is 158 Å². The minimum Gasteiger partial charge on any atom is -0.456 e. The van der Waals surface area contributed by atoms with Gasteiger partial charge >= 0.3 is 0 Å². The van der Waals surface area contributed by atoms with Crippen molar-refractivity contribution < 1.29 is 4.74 Å². The Morgan fingerprint density at radius 3 is 1.38 bits per heavy atom. The summed E-state index contributed by atoms with van der Waals surface area (Å²) in [6.07, 6.45) is 0. The van der Waals surface area contributed by atoms with E-state index < -0.39 is 5.41 Å². The number of benzene rings is 9. The van der Waals surface area contributed by atoms with Crippen LogP contribution >= 0.6 is 0 Å². The first kappa shape index (κ1) is 38.2. The zero-order chi connectivity index (χ0) is 42.9. The Kier molecular flexibility index (Phi) is 9.72. The molecule has 300 valence electrons. The maximum Gasteiger partial charge on any atom is 0.164 e. The molecule has 0 fully saturated rings. The first-order valence-corrected chi connectivity index (χ1v) is 21.3. The fourth-order valence-electron chi connectivity index (χ4n) is 9.12. The maximum atomic E-state index is 9.56. The number of fused-ring (bicyclic) bond motifs is 2. The molecule has 2 heterocycles. The van der Waals surface area contributed by atoms with Crippen molar-refractivity contribution in [2.45, 2.75) is 5.41 Å². The second kappa shape index (κ2) is 16.3. The summed E-state index contributed by atoms with van der Waals surface area (Å²) in [5, 5.41) is 9.56. The van der Waals surface area contributed by atoms with Gasteiger partial charge < -0.3 is 4.74 Å². The van der Waals surface area contributed by atoms with Gasteiger partial charge in [0.1, 0.15) is 11.5 Å². The molecule has 0 saturated heterocycles. The van der Waals surface area contributed by atoms with E-state index in [1.54, 1.807) is 0 Å². The summed E-state index contributed by atoms with van der Waals surface area (Å²) in [5.74, 6) is 3.40. The Balaban J connectivity index is 1.02. The van der Waals surface area contributed by atoms with Crippen molar-refractivity contribution >= 4 is 0 Å². The van der Waals surface area contributed by atoms with Gasteiger partial charge in [-0.2, -0.15) is 5.26 Å². The first-order valence-electron chi connectivity index (χ1n) is 21.3. The van der Waals surface area contributed by atoms with E-state index in [9.17, 15) is 5.26 Å². The maximum absolute atomic E-state index is 9.56. The van der Waals surface area contributed by atoms with Gasteiger partial charge in [0.05, 0.1) is 17.0 Å². The molecule has 11 rings (SSSR count). The standard InChI is InChI=1S/C59H38N4O/c60-39-40-17-12-20-42(35-40)44-22-14-25-47(37-44)57-61-56(41-18-4-1-5-19-41)62-58(63-57)48-26-15-23-45(38-48)43-21-13-24-46(36-43)51-31-16-33-53-55(51)64-54-34-11-10-32-52(54)59(53,49-27-6-2-7-28-49)50-29-8-3-9-30-50/h1-38H. The molecule has 9 aromatic carbocycles. The molecule has 1 aliphatic rings. The van der Waals surface area contributed by atoms with E-state index in [1.807, 2.05) is 78.9 Å². The van der Waals surface area contributed by atoms with Gasteiger partial charge in [-0.25, -0.2) is 15.0 Å². The first-order chi connectivity index (χ1) is 31.7. The fraction of sp³-hybridized carbons (Fsp3) is 0.0169. The highest BCUT2D eigenvalue weighted by molar-refractivity contribution is 5.83. The lowest BCUT2D eigenvalue weighted by atomic mass is 9.63. The SMILES string of the molecule is N#Cc1cccc(-c2cccc(-c3nc(-c4ccccc4)nc(-c4cccc(-c5cccc(-c6cccc7c6Oc6ccccc6C7(c6ccccc6)c6ccccc6)c5)c4)n3)c2)c1. The molecule has 1 aliphatic heterocycles. The largest absolute Gasteiger partial charge is 0.456 e. The summed E-state index contributed by atoms with van der Waals surface area (Å²) in [7, 11) is 0. The summed E-state index contributed by atoms with van der Waals surface area (Å²) < 4.78 is 6.99. The normalized spacial score (nSPS) is 12.3. The lowest BCUT2D eigenvalue weighted by Gasteiger charge is -2.42. The third kappa shape index (κ3) is 6.81. The van der Waals surface area contributed by atoms with Gasteiger partial charge in [0.2, 0.25) is 0 Å². The Hall–Kier alpha value is -8.72. The highest BCUT2D eigenvalue weighted by Crippen LogP contribution is 2.57. The van der Waals surface area contributed by atoms with Gasteiger partial charge in [-0.3, -0.25) is 0 Å². The predicted molar refractivity (Wildman–Crippen MR) is 256 cm³/mol. The number of para-hydroxylation sites is 2. The molecule has 5 heteroatoms. The highest BCUT2D eigenvalue weighted by atomic mass is 16.5. The molecular formula is C59H38N4O. The van der Waals surface area contributed by atoms with Crippen LogP contribution < -0.4 is 4.74 Å². The quantitative estimate of drug-likeness (QED) is 0.153. The third-order valence-corrected chi connectivity index (χ3v) is 12.1. The van der Waals surface area contributed by atoms with Crippen LogP contribution in [0.15, 0.2) is 231 Å². The summed E-state index contributed by atoms with van der Waals surface area (Å²) >= 11 is 0. The number of nitrogens with zero attached hydrogens (tertiary/aromatic N) is 4. The van der Waals surface area contributed by atoms with Crippen molar-refractivity contribution in [2.24, 2.45) is 0 Å². The van der Waals surface area contributed by atoms with Crippen molar-refractivity contribution in [2.75, 3.05) is 0 Å². The molecule has 5 nitrogen and oxygen atoms in total. The third-order valence-electron chi connectivity index (χ3n) is 12.1. The second-order valence-corrected chi connectivity index (χ2v) is 15.9. The average molecular weight is 819 g/mol. The number of aromatic nitrogens is 3. The Labute approximate surface area is 372 Å². The zero-order valence-electron chi connectivity index (χ0n) is 34.6. The van der Waals surface area contributed by atoms with E-state index in [0.717, 1.165) is 72.7 Å². The number of rotatable bonds is 8. The van der Waals surface area contributed by atoms with Crippen molar-refractivity contribution in [1.29, 1.82) is 5.26 Å². The van der Waals surface area contributed by atoms with Crippen LogP contribution in [0.1, 0.15) is 27.8 Å². The molecule has 0 N–H and O–H groups in total. The van der Waals surface area contributed by atoms with Crippen molar-refractivity contribution in [3.05, 3.63) is 258 Å². The van der Waals surface area contributed by atoms with Crippen LogP contribution in [0.5, 0.6) is 11.5 Å². The number of nitriles is 1. The molecule has 0 amide bonds. The number of hydrogen-bond donors (Lipinski definition) is 0. The molecule has 0 saturated carbocycles. The van der Waals surface area contributed by atoms with Gasteiger partial charge in [0, 0.05) is 33.4 Å². The Morgan fingerprint density at radius 1 is 0.359 bits per heavy atom. The molecule has 0 radical (unpaired) electrons.